The Morgan fingerprint density at radius 1 is 1.00 bits per heavy atom. The van der Waals surface area contributed by atoms with E-state index >= 15 is 0 Å². The summed E-state index contributed by atoms with van der Waals surface area (Å²) < 4.78 is 23.8. The van der Waals surface area contributed by atoms with Gasteiger partial charge in [-0.3, -0.25) is 0 Å². The van der Waals surface area contributed by atoms with Gasteiger partial charge in [-0.25, -0.2) is 0 Å². The van der Waals surface area contributed by atoms with Gasteiger partial charge in [0.05, 0.1) is 0 Å². The van der Waals surface area contributed by atoms with Crippen molar-refractivity contribution < 1.29 is 49.8 Å². The number of fused-ring (bicyclic) bond motifs is 4. The van der Waals surface area contributed by atoms with Crippen LogP contribution in [0.4, 0.5) is 0 Å². The van der Waals surface area contributed by atoms with E-state index in [0.717, 1.165) is 37.5 Å². The fraction of sp³-hybridized carbons (Fsp3) is 0.368. The van der Waals surface area contributed by atoms with Gasteiger partial charge in [-0.1, -0.05) is 4.51 Å². The second-order valence-corrected chi connectivity index (χ2v) is 29.9. The van der Waals surface area contributed by atoms with Gasteiger partial charge in [-0.05, 0) is 0 Å². The molecule has 2 heterocycles. The zero-order valence-corrected chi connectivity index (χ0v) is 38.4. The molecule has 1 saturated heterocycles. The van der Waals surface area contributed by atoms with Gasteiger partial charge >= 0.3 is 341 Å². The van der Waals surface area contributed by atoms with Crippen molar-refractivity contribution in [1.29, 1.82) is 0 Å². The maximum atomic E-state index is 14.4. The SMILES string of the molecule is C=IC1CC1C(=C)C(=O)OC1C2CC3C1OC(=O)C3C2C(=O)OC(C(C)(I)I)C(I)(N=O)[I-]c1ccccc1-n1c2ccccc2c2ccccc21. The molecule has 9 nitrogen and oxygen atoms in total. The molecule has 4 aliphatic rings. The molecule has 0 N–H and O–H groups in total. The molecule has 10 unspecified atom stereocenters. The number of carbonyl (C=O) groups excluding carboxylic acids is 3. The Hall–Kier alpha value is -1.27. The van der Waals surface area contributed by atoms with E-state index in [0.29, 0.717) is 15.9 Å². The van der Waals surface area contributed by atoms with Crippen LogP contribution in [0, 0.1) is 38.1 Å². The molecule has 0 amide bonds. The number of aromatic nitrogens is 1. The van der Waals surface area contributed by atoms with Crippen LogP contribution in [0.2, 0.25) is 0 Å². The van der Waals surface area contributed by atoms with Crippen LogP contribution < -0.4 is 21.2 Å². The second-order valence-electron chi connectivity index (χ2n) is 13.8. The van der Waals surface area contributed by atoms with Gasteiger partial charge in [-0.2, -0.15) is 0 Å². The molecule has 1 aliphatic heterocycles. The Labute approximate surface area is 361 Å². The molecule has 1 aromatic heterocycles. The molecule has 52 heavy (non-hydrogen) atoms. The fourth-order valence-electron chi connectivity index (χ4n) is 8.34. The number of ether oxygens (including phenoxy) is 3. The minimum absolute atomic E-state index is 0.0952. The van der Waals surface area contributed by atoms with Crippen LogP contribution in [0.1, 0.15) is 19.8 Å². The van der Waals surface area contributed by atoms with Gasteiger partial charge in [-0.15, -0.1) is 20.7 Å². The van der Waals surface area contributed by atoms with Crippen LogP contribution in [0.5, 0.6) is 0 Å². The first-order valence-electron chi connectivity index (χ1n) is 16.7. The predicted octanol–water partition coefficient (Wildman–Crippen LogP) is 5.46. The van der Waals surface area contributed by atoms with Gasteiger partial charge in [0.25, 0.3) is 0 Å². The number of benzene rings is 3. The van der Waals surface area contributed by atoms with Crippen LogP contribution in [0.25, 0.3) is 27.5 Å². The summed E-state index contributed by atoms with van der Waals surface area (Å²) in [5.41, 5.74) is 3.47. The zero-order chi connectivity index (χ0) is 36.7. The molecule has 3 saturated carbocycles. The van der Waals surface area contributed by atoms with Crippen molar-refractivity contribution in [3.05, 3.63) is 93.4 Å². The Morgan fingerprint density at radius 2 is 1.63 bits per heavy atom. The molecule has 14 heteroatoms. The summed E-state index contributed by atoms with van der Waals surface area (Å²) in [5.74, 6) is -3.70. The molecule has 4 aromatic rings. The van der Waals surface area contributed by atoms with E-state index in [1.54, 1.807) is 0 Å². The first-order chi connectivity index (χ1) is 24.9. The number of hydrogen-bond donors (Lipinski definition) is 0. The summed E-state index contributed by atoms with van der Waals surface area (Å²) in [6.45, 7) is 5.92. The Morgan fingerprint density at radius 3 is 2.25 bits per heavy atom. The molecular weight excluding hydrogens is 1230 g/mol. The van der Waals surface area contributed by atoms with Gasteiger partial charge < -0.3 is 0 Å². The topological polar surface area (TPSA) is 113 Å². The molecule has 0 spiro atoms. The Balaban J connectivity index is 1.09. The van der Waals surface area contributed by atoms with Gasteiger partial charge in [0.1, 0.15) is 0 Å². The summed E-state index contributed by atoms with van der Waals surface area (Å²) in [5, 5.41) is 6.00. The maximum absolute atomic E-state index is 14.4. The van der Waals surface area contributed by atoms with E-state index in [4.69, 9.17) is 14.2 Å². The van der Waals surface area contributed by atoms with Gasteiger partial charge in [0.2, 0.25) is 0 Å². The summed E-state index contributed by atoms with van der Waals surface area (Å²) in [6, 6.07) is 24.6. The number of alkyl halides is 5. The predicted molar refractivity (Wildman–Crippen MR) is 229 cm³/mol. The molecule has 2 bridgehead atoms. The van der Waals surface area contributed by atoms with Crippen molar-refractivity contribution in [2.75, 3.05) is 0 Å². The van der Waals surface area contributed by atoms with Gasteiger partial charge in [0, 0.05) is 0 Å². The zero-order valence-electron chi connectivity index (χ0n) is 27.6. The minimum atomic E-state index is -1.32. The molecule has 4 fully saturated rings. The first-order valence-corrected chi connectivity index (χ1v) is 24.8. The first kappa shape index (κ1) is 37.6. The number of nitrogens with zero attached hydrogens (tertiary/aromatic N) is 2. The van der Waals surface area contributed by atoms with Crippen molar-refractivity contribution in [3.8, 4) is 5.69 Å². The number of esters is 3. The fourth-order valence-corrected chi connectivity index (χ4v) is 19.1. The van der Waals surface area contributed by atoms with Crippen molar-refractivity contribution >= 4 is 133 Å². The van der Waals surface area contributed by atoms with Crippen LogP contribution in [0.15, 0.2) is 90.1 Å². The third kappa shape index (κ3) is 6.40. The average Bonchev–Trinajstić information content (AvgIpc) is 3.41. The van der Waals surface area contributed by atoms with E-state index < -0.39 is 78.2 Å². The van der Waals surface area contributed by atoms with E-state index in [1.807, 2.05) is 49.4 Å². The normalized spacial score (nSPS) is 29.1. The van der Waals surface area contributed by atoms with Crippen molar-refractivity contribution in [3.63, 3.8) is 0 Å². The number of rotatable bonds is 12. The quantitative estimate of drug-likeness (QED) is 0.0353. The third-order valence-electron chi connectivity index (χ3n) is 10.7. The summed E-state index contributed by atoms with van der Waals surface area (Å²) in [7, 11) is 0. The molecule has 3 aromatic carbocycles. The average molecular weight is 1260 g/mol. The standard InChI is InChI=1S/C38H32I5N2O7/c1-18(21-17-25(21)42-3)33(46)50-31-23-16-22-29(34(47)51-32(22)31)30(23)35(48)52-36(37(2,39)40)38(41,44-49)43-24-12-6-9-15-28(24)45-26-13-7-4-10-19(26)20-11-5-8-14-27(20)45/h4-15,21-23,25,29-32,36H,1,3,16-17H2,2H3/q-1. The molecule has 0 radical (unpaired) electrons. The molecule has 3 aliphatic carbocycles. The number of carbonyl (C=O) groups is 3. The van der Waals surface area contributed by atoms with E-state index in [1.165, 1.54) is 0 Å². The Bertz CT molecular complexity index is 2130. The van der Waals surface area contributed by atoms with Crippen LogP contribution >= 0.6 is 88.5 Å². The van der Waals surface area contributed by atoms with E-state index in [2.05, 4.69) is 119 Å². The van der Waals surface area contributed by atoms with Crippen molar-refractivity contribution in [2.24, 2.45) is 34.8 Å². The van der Waals surface area contributed by atoms with Gasteiger partial charge in [0.15, 0.2) is 0 Å². The number of para-hydroxylation sites is 3. The van der Waals surface area contributed by atoms with Crippen molar-refractivity contribution in [1.82, 2.24) is 4.57 Å². The molecule has 8 rings (SSSR count). The van der Waals surface area contributed by atoms with E-state index in [-0.39, 0.29) is 32.6 Å². The number of hydrogen-bond acceptors (Lipinski definition) is 8. The number of halogens is 5. The van der Waals surface area contributed by atoms with Crippen LogP contribution in [-0.2, 0) is 28.6 Å². The van der Waals surface area contributed by atoms with Crippen molar-refractivity contribution in [2.45, 2.75) is 45.0 Å². The second kappa shape index (κ2) is 14.3. The van der Waals surface area contributed by atoms with E-state index in [9.17, 15) is 19.3 Å². The summed E-state index contributed by atoms with van der Waals surface area (Å²) in [6.07, 6.45) is -0.880. The van der Waals surface area contributed by atoms with Crippen LogP contribution in [0.3, 0.4) is 0 Å². The summed E-state index contributed by atoms with van der Waals surface area (Å²) >= 11 is 5.02. The summed E-state index contributed by atoms with van der Waals surface area (Å²) in [4.78, 5) is 54.0. The monoisotopic (exact) mass is 1260 g/mol. The Kier molecular flexibility index (Phi) is 10.4. The third-order valence-corrected chi connectivity index (χ3v) is 19.5. The number of nitroso groups, excluding NO2 is 1. The van der Waals surface area contributed by atoms with Crippen LogP contribution in [-0.4, -0.2) is 52.2 Å². The molecule has 272 valence electrons. The molecular formula is C38H32I5N2O7-. The molecule has 10 atom stereocenters.